The molecule has 122 valence electrons. The number of phenols is 1. The lowest BCUT2D eigenvalue weighted by atomic mass is 9.86. The maximum absolute atomic E-state index is 11.6. The van der Waals surface area contributed by atoms with Gasteiger partial charge in [0.15, 0.2) is 0 Å². The molecule has 0 bridgehead atoms. The van der Waals surface area contributed by atoms with Crippen LogP contribution < -0.4 is 10.6 Å². The van der Waals surface area contributed by atoms with E-state index < -0.39 is 5.60 Å². The largest absolute Gasteiger partial charge is 0.508 e. The highest BCUT2D eigenvalue weighted by Crippen LogP contribution is 2.27. The zero-order chi connectivity index (χ0) is 16.3. The molecule has 0 atom stereocenters. The van der Waals surface area contributed by atoms with E-state index >= 15 is 0 Å². The quantitative estimate of drug-likeness (QED) is 0.794. The van der Waals surface area contributed by atoms with Gasteiger partial charge in [0.05, 0.1) is 0 Å². The van der Waals surface area contributed by atoms with E-state index in [2.05, 4.69) is 10.6 Å². The molecule has 0 unspecified atom stereocenters. The van der Waals surface area contributed by atoms with E-state index in [4.69, 9.17) is 16.3 Å². The molecule has 0 radical (unpaired) electrons. The number of ether oxygens (including phenoxy) is 1. The van der Waals surface area contributed by atoms with Crippen LogP contribution in [0.1, 0.15) is 39.2 Å². The summed E-state index contributed by atoms with van der Waals surface area (Å²) in [5, 5.41) is 16.5. The van der Waals surface area contributed by atoms with Crippen molar-refractivity contribution in [1.82, 2.24) is 10.6 Å². The third kappa shape index (κ3) is 4.78. The highest BCUT2D eigenvalue weighted by atomic mass is 35.5. The van der Waals surface area contributed by atoms with Crippen molar-refractivity contribution in [2.75, 3.05) is 0 Å². The highest BCUT2D eigenvalue weighted by molar-refractivity contribution is 6.31. The Morgan fingerprint density at radius 3 is 2.64 bits per heavy atom. The Balaban J connectivity index is 1.71. The number of carbonyl (C=O) groups excluding carboxylic acids is 1. The van der Waals surface area contributed by atoms with Gasteiger partial charge in [-0.15, -0.1) is 0 Å². The number of nitrogens with one attached hydrogen (secondary N) is 2. The number of hydrogen-bond acceptors (Lipinski definition) is 4. The fraction of sp³-hybridized carbons (Fsp3) is 0.562. The van der Waals surface area contributed by atoms with Crippen molar-refractivity contribution < 1.29 is 14.6 Å². The molecule has 22 heavy (non-hydrogen) atoms. The molecule has 0 aromatic heterocycles. The first kappa shape index (κ1) is 16.9. The lowest BCUT2D eigenvalue weighted by Gasteiger charge is -2.36. The predicted octanol–water partition coefficient (Wildman–Crippen LogP) is 3.19. The molecule has 0 saturated heterocycles. The van der Waals surface area contributed by atoms with Crippen molar-refractivity contribution >= 4 is 17.7 Å². The lowest BCUT2D eigenvalue weighted by Crippen LogP contribution is -2.52. The Labute approximate surface area is 136 Å². The predicted molar refractivity (Wildman–Crippen MR) is 86.1 cm³/mol. The Hall–Kier alpha value is -1.46. The number of carbonyl (C=O) groups is 1. The Bertz CT molecular complexity index is 516. The smallest absolute Gasteiger partial charge is 0.407 e. The molecule has 0 aliphatic heterocycles. The number of phenolic OH excluding ortho intramolecular Hbond substituents is 1. The van der Waals surface area contributed by atoms with Crippen molar-refractivity contribution in [3.63, 3.8) is 0 Å². The first-order valence-corrected chi connectivity index (χ1v) is 7.81. The normalized spacial score (nSPS) is 21.1. The van der Waals surface area contributed by atoms with Gasteiger partial charge in [-0.25, -0.2) is 4.79 Å². The molecule has 3 N–H and O–H groups in total. The van der Waals surface area contributed by atoms with Gasteiger partial charge in [-0.2, -0.15) is 0 Å². The molecule has 2 rings (SSSR count). The van der Waals surface area contributed by atoms with E-state index in [-0.39, 0.29) is 17.9 Å². The van der Waals surface area contributed by atoms with Gasteiger partial charge in [-0.3, -0.25) is 0 Å². The minimum Gasteiger partial charge on any atom is -0.508 e. The Kier molecular flexibility index (Phi) is 5.19. The number of hydrogen-bond donors (Lipinski definition) is 3. The molecule has 0 spiro atoms. The zero-order valence-electron chi connectivity index (χ0n) is 13.1. The van der Waals surface area contributed by atoms with Crippen LogP contribution in [0.25, 0.3) is 0 Å². The Morgan fingerprint density at radius 1 is 1.36 bits per heavy atom. The Morgan fingerprint density at radius 2 is 2.05 bits per heavy atom. The van der Waals surface area contributed by atoms with Gasteiger partial charge in [-0.05, 0) is 45.7 Å². The van der Waals surface area contributed by atoms with Crippen molar-refractivity contribution in [3.8, 4) is 5.75 Å². The average Bonchev–Trinajstić information content (AvgIpc) is 2.32. The number of amides is 1. The SMILES string of the molecule is CC(C)(C)OC(=O)NC1CC(NCc2c(O)cccc2Cl)C1. The van der Waals surface area contributed by atoms with E-state index in [9.17, 15) is 9.90 Å². The summed E-state index contributed by atoms with van der Waals surface area (Å²) in [6, 6.07) is 5.52. The summed E-state index contributed by atoms with van der Waals surface area (Å²) in [5.74, 6) is 0.197. The van der Waals surface area contributed by atoms with E-state index in [1.165, 1.54) is 0 Å². The number of aromatic hydroxyl groups is 1. The van der Waals surface area contributed by atoms with Crippen LogP contribution in [0.15, 0.2) is 18.2 Å². The third-order valence-electron chi connectivity index (χ3n) is 3.52. The molecule has 1 aromatic carbocycles. The van der Waals surface area contributed by atoms with E-state index in [0.717, 1.165) is 12.8 Å². The highest BCUT2D eigenvalue weighted by Gasteiger charge is 2.31. The van der Waals surface area contributed by atoms with Gasteiger partial charge in [-0.1, -0.05) is 17.7 Å². The topological polar surface area (TPSA) is 70.6 Å². The summed E-state index contributed by atoms with van der Waals surface area (Å²) in [5.41, 5.74) is 0.222. The second-order valence-electron chi connectivity index (χ2n) is 6.63. The van der Waals surface area contributed by atoms with Crippen molar-refractivity contribution in [1.29, 1.82) is 0 Å². The number of rotatable bonds is 4. The van der Waals surface area contributed by atoms with Crippen LogP contribution in [-0.2, 0) is 11.3 Å². The number of halogens is 1. The van der Waals surface area contributed by atoms with Crippen molar-refractivity contribution in [3.05, 3.63) is 28.8 Å². The summed E-state index contributed by atoms with van der Waals surface area (Å²) < 4.78 is 5.22. The van der Waals surface area contributed by atoms with E-state index in [1.54, 1.807) is 18.2 Å². The van der Waals surface area contributed by atoms with Crippen molar-refractivity contribution in [2.45, 2.75) is 57.8 Å². The summed E-state index contributed by atoms with van der Waals surface area (Å²) in [6.07, 6.45) is 1.30. The van der Waals surface area contributed by atoms with Crippen molar-refractivity contribution in [2.24, 2.45) is 0 Å². The second kappa shape index (κ2) is 6.75. The van der Waals surface area contributed by atoms with Crippen LogP contribution >= 0.6 is 11.6 Å². The fourth-order valence-electron chi connectivity index (χ4n) is 2.35. The second-order valence-corrected chi connectivity index (χ2v) is 7.04. The van der Waals surface area contributed by atoms with Gasteiger partial charge >= 0.3 is 6.09 Å². The van der Waals surface area contributed by atoms with E-state index in [0.29, 0.717) is 23.2 Å². The third-order valence-corrected chi connectivity index (χ3v) is 3.87. The number of benzene rings is 1. The lowest BCUT2D eigenvalue weighted by molar-refractivity contribution is 0.0465. The maximum Gasteiger partial charge on any atom is 0.407 e. The first-order chi connectivity index (χ1) is 10.2. The number of alkyl carbamates (subject to hydrolysis) is 1. The summed E-state index contributed by atoms with van der Waals surface area (Å²) in [4.78, 5) is 11.6. The fourth-order valence-corrected chi connectivity index (χ4v) is 2.58. The van der Waals surface area contributed by atoms with Gasteiger partial charge < -0.3 is 20.5 Å². The zero-order valence-corrected chi connectivity index (χ0v) is 13.9. The van der Waals surface area contributed by atoms with Gasteiger partial charge in [0.1, 0.15) is 11.4 Å². The van der Waals surface area contributed by atoms with Crippen LogP contribution in [0.5, 0.6) is 5.75 Å². The van der Waals surface area contributed by atoms with Crippen LogP contribution in [0.3, 0.4) is 0 Å². The van der Waals surface area contributed by atoms with Crippen LogP contribution in [-0.4, -0.2) is 28.9 Å². The molecule has 1 aliphatic carbocycles. The van der Waals surface area contributed by atoms with E-state index in [1.807, 2.05) is 20.8 Å². The molecular weight excluding hydrogens is 304 g/mol. The molecule has 5 nitrogen and oxygen atoms in total. The summed E-state index contributed by atoms with van der Waals surface area (Å²) >= 11 is 6.06. The molecular formula is C16H23ClN2O3. The average molecular weight is 327 g/mol. The molecule has 1 fully saturated rings. The van der Waals surface area contributed by atoms with Gasteiger partial charge in [0.2, 0.25) is 0 Å². The molecule has 1 aromatic rings. The molecule has 1 aliphatic rings. The molecule has 0 heterocycles. The standard InChI is InChI=1S/C16H23ClN2O3/c1-16(2,3)22-15(21)19-11-7-10(8-11)18-9-12-13(17)5-4-6-14(12)20/h4-6,10-11,18,20H,7-9H2,1-3H3,(H,19,21). The van der Waals surface area contributed by atoms with Gasteiger partial charge in [0.25, 0.3) is 0 Å². The first-order valence-electron chi connectivity index (χ1n) is 7.44. The van der Waals surface area contributed by atoms with Gasteiger partial charge in [0, 0.05) is 29.2 Å². The van der Waals surface area contributed by atoms with Crippen LogP contribution in [0.4, 0.5) is 4.79 Å². The minimum absolute atomic E-state index is 0.132. The monoisotopic (exact) mass is 326 g/mol. The van der Waals surface area contributed by atoms with Crippen LogP contribution in [0.2, 0.25) is 5.02 Å². The summed E-state index contributed by atoms with van der Waals surface area (Å²) in [7, 11) is 0. The van der Waals surface area contributed by atoms with Crippen LogP contribution in [0, 0.1) is 0 Å². The molecule has 1 amide bonds. The minimum atomic E-state index is -0.479. The summed E-state index contributed by atoms with van der Waals surface area (Å²) in [6.45, 7) is 6.03. The maximum atomic E-state index is 11.6. The molecule has 1 saturated carbocycles. The molecule has 6 heteroatoms.